The largest absolute Gasteiger partial charge is 0.320 e. The zero-order valence-corrected chi connectivity index (χ0v) is 15.9. The van der Waals surface area contributed by atoms with E-state index in [-0.39, 0.29) is 12.1 Å². The molecular formula is C23H24N4O. The summed E-state index contributed by atoms with van der Waals surface area (Å²) in [5.74, 6) is 0. The lowest BCUT2D eigenvalue weighted by atomic mass is 10.1. The second-order valence-electron chi connectivity index (χ2n) is 7.73. The second kappa shape index (κ2) is 7.24. The Morgan fingerprint density at radius 1 is 0.857 bits per heavy atom. The Kier molecular flexibility index (Phi) is 4.45. The van der Waals surface area contributed by atoms with Crippen molar-refractivity contribution < 1.29 is 4.79 Å². The fraction of sp³-hybridized carbons (Fsp3) is 0.304. The molecule has 0 radical (unpaired) electrons. The van der Waals surface area contributed by atoms with Gasteiger partial charge in [-0.05, 0) is 17.7 Å². The van der Waals surface area contributed by atoms with Crippen LogP contribution < -0.4 is 0 Å². The maximum Gasteiger partial charge on any atom is 0.320 e. The first-order valence-corrected chi connectivity index (χ1v) is 9.93. The monoisotopic (exact) mass is 372 g/mol. The SMILES string of the molecule is O=C1N(Cc2ccccc2)C[C@H]2CN(Cc3ccc4ccccc4n3)CCN12. The third-order valence-corrected chi connectivity index (χ3v) is 5.77. The van der Waals surface area contributed by atoms with Crippen molar-refractivity contribution in [2.75, 3.05) is 26.2 Å². The molecule has 0 unspecified atom stereocenters. The predicted molar refractivity (Wildman–Crippen MR) is 110 cm³/mol. The number of urea groups is 1. The molecule has 0 bridgehead atoms. The number of carbonyl (C=O) groups is 1. The van der Waals surface area contributed by atoms with E-state index in [4.69, 9.17) is 4.98 Å². The highest BCUT2D eigenvalue weighted by Crippen LogP contribution is 2.23. The van der Waals surface area contributed by atoms with Gasteiger partial charge in [0.2, 0.25) is 0 Å². The van der Waals surface area contributed by atoms with Crippen LogP contribution in [0.15, 0.2) is 66.7 Å². The number of hydrogen-bond acceptors (Lipinski definition) is 3. The van der Waals surface area contributed by atoms with Crippen LogP contribution in [0.25, 0.3) is 10.9 Å². The molecule has 2 aliphatic heterocycles. The maximum atomic E-state index is 12.8. The first kappa shape index (κ1) is 17.2. The molecule has 1 atom stereocenters. The lowest BCUT2D eigenvalue weighted by Crippen LogP contribution is -2.51. The first-order chi connectivity index (χ1) is 13.8. The normalized spacial score (nSPS) is 20.0. The van der Waals surface area contributed by atoms with Crippen LogP contribution in [0.5, 0.6) is 0 Å². The summed E-state index contributed by atoms with van der Waals surface area (Å²) in [4.78, 5) is 24.0. The van der Waals surface area contributed by atoms with E-state index in [0.29, 0.717) is 6.54 Å². The molecule has 2 amide bonds. The van der Waals surface area contributed by atoms with E-state index < -0.39 is 0 Å². The zero-order chi connectivity index (χ0) is 18.9. The van der Waals surface area contributed by atoms with E-state index in [1.54, 1.807) is 0 Å². The van der Waals surface area contributed by atoms with Gasteiger partial charge in [-0.25, -0.2) is 4.79 Å². The topological polar surface area (TPSA) is 39.7 Å². The molecular weight excluding hydrogens is 348 g/mol. The van der Waals surface area contributed by atoms with Gasteiger partial charge in [-0.2, -0.15) is 0 Å². The van der Waals surface area contributed by atoms with Gasteiger partial charge in [-0.1, -0.05) is 54.6 Å². The standard InChI is InChI=1S/C23H24N4O/c28-23-26(14-18-6-2-1-3-7-18)17-21-16-25(12-13-27(21)23)15-20-11-10-19-8-4-5-9-22(19)24-20/h1-11,21H,12-17H2/t21-/m1/s1. The summed E-state index contributed by atoms with van der Waals surface area (Å²) in [5.41, 5.74) is 3.33. The molecule has 5 rings (SSSR count). The van der Waals surface area contributed by atoms with E-state index in [9.17, 15) is 4.79 Å². The van der Waals surface area contributed by atoms with Crippen molar-refractivity contribution in [2.45, 2.75) is 19.1 Å². The summed E-state index contributed by atoms with van der Waals surface area (Å²) in [7, 11) is 0. The minimum Gasteiger partial charge on any atom is -0.318 e. The number of aromatic nitrogens is 1. The summed E-state index contributed by atoms with van der Waals surface area (Å²) >= 11 is 0. The van der Waals surface area contributed by atoms with Crippen LogP contribution in [0.1, 0.15) is 11.3 Å². The number of pyridine rings is 1. The van der Waals surface area contributed by atoms with Crippen molar-refractivity contribution in [3.63, 3.8) is 0 Å². The number of nitrogens with zero attached hydrogens (tertiary/aromatic N) is 4. The number of benzene rings is 2. The summed E-state index contributed by atoms with van der Waals surface area (Å²) in [5, 5.41) is 1.18. The van der Waals surface area contributed by atoms with Crippen LogP contribution in [0.2, 0.25) is 0 Å². The molecule has 5 nitrogen and oxygen atoms in total. The Hall–Kier alpha value is -2.92. The van der Waals surface area contributed by atoms with Gasteiger partial charge < -0.3 is 9.80 Å². The third kappa shape index (κ3) is 3.34. The number of carbonyl (C=O) groups excluding carboxylic acids is 1. The molecule has 2 aliphatic rings. The van der Waals surface area contributed by atoms with Crippen LogP contribution in [0.3, 0.4) is 0 Å². The van der Waals surface area contributed by atoms with Crippen molar-refractivity contribution in [3.05, 3.63) is 78.0 Å². The van der Waals surface area contributed by atoms with Gasteiger partial charge in [0.1, 0.15) is 0 Å². The summed E-state index contributed by atoms with van der Waals surface area (Å²) in [6, 6.07) is 23.2. The molecule has 0 aliphatic carbocycles. The fourth-order valence-corrected chi connectivity index (χ4v) is 4.35. The number of amides is 2. The van der Waals surface area contributed by atoms with E-state index in [1.165, 1.54) is 10.9 Å². The fourth-order valence-electron chi connectivity index (χ4n) is 4.35. The number of rotatable bonds is 4. The van der Waals surface area contributed by atoms with Crippen LogP contribution in [0.4, 0.5) is 4.79 Å². The van der Waals surface area contributed by atoms with Gasteiger partial charge >= 0.3 is 6.03 Å². The van der Waals surface area contributed by atoms with Gasteiger partial charge in [-0.15, -0.1) is 0 Å². The molecule has 2 saturated heterocycles. The molecule has 2 fully saturated rings. The molecule has 142 valence electrons. The average molecular weight is 372 g/mol. The van der Waals surface area contributed by atoms with Gasteiger partial charge in [0, 0.05) is 44.7 Å². The number of piperazine rings is 1. The van der Waals surface area contributed by atoms with E-state index in [2.05, 4.69) is 41.3 Å². The van der Waals surface area contributed by atoms with E-state index in [1.807, 2.05) is 40.1 Å². The Labute approximate surface area is 165 Å². The molecule has 1 aromatic heterocycles. The second-order valence-corrected chi connectivity index (χ2v) is 7.73. The lowest BCUT2D eigenvalue weighted by molar-refractivity contribution is 0.115. The first-order valence-electron chi connectivity index (χ1n) is 9.93. The molecule has 3 aromatic rings. The highest BCUT2D eigenvalue weighted by molar-refractivity contribution is 5.78. The molecule has 3 heterocycles. The molecule has 28 heavy (non-hydrogen) atoms. The van der Waals surface area contributed by atoms with Gasteiger partial charge in [0.15, 0.2) is 0 Å². The minimum atomic E-state index is 0.178. The van der Waals surface area contributed by atoms with Crippen LogP contribution in [-0.4, -0.2) is 57.9 Å². The van der Waals surface area contributed by atoms with Crippen molar-refractivity contribution in [3.8, 4) is 0 Å². The zero-order valence-electron chi connectivity index (χ0n) is 15.9. The van der Waals surface area contributed by atoms with Crippen molar-refractivity contribution in [2.24, 2.45) is 0 Å². The van der Waals surface area contributed by atoms with Crippen molar-refractivity contribution in [1.29, 1.82) is 0 Å². The molecule has 5 heteroatoms. The van der Waals surface area contributed by atoms with Crippen LogP contribution in [0, 0.1) is 0 Å². The quantitative estimate of drug-likeness (QED) is 0.705. The average Bonchev–Trinajstić information content (AvgIpc) is 3.03. The van der Waals surface area contributed by atoms with Crippen molar-refractivity contribution in [1.82, 2.24) is 19.7 Å². The summed E-state index contributed by atoms with van der Waals surface area (Å²) in [6.07, 6.45) is 0. The molecule has 0 spiro atoms. The van der Waals surface area contributed by atoms with Gasteiger partial charge in [0.05, 0.1) is 17.3 Å². The van der Waals surface area contributed by atoms with E-state index >= 15 is 0 Å². The Bertz CT molecular complexity index is 990. The maximum absolute atomic E-state index is 12.8. The molecule has 0 N–H and O–H groups in total. The van der Waals surface area contributed by atoms with Crippen LogP contribution in [-0.2, 0) is 13.1 Å². The number of fused-ring (bicyclic) bond motifs is 2. The van der Waals surface area contributed by atoms with Gasteiger partial charge in [0.25, 0.3) is 0 Å². The van der Waals surface area contributed by atoms with Crippen molar-refractivity contribution >= 4 is 16.9 Å². The number of hydrogen-bond donors (Lipinski definition) is 0. The number of para-hydroxylation sites is 1. The summed E-state index contributed by atoms with van der Waals surface area (Å²) < 4.78 is 0. The minimum absolute atomic E-state index is 0.178. The molecule has 0 saturated carbocycles. The lowest BCUT2D eigenvalue weighted by Gasteiger charge is -2.36. The smallest absolute Gasteiger partial charge is 0.318 e. The highest BCUT2D eigenvalue weighted by atomic mass is 16.2. The van der Waals surface area contributed by atoms with E-state index in [0.717, 1.165) is 43.9 Å². The predicted octanol–water partition coefficient (Wildman–Crippen LogP) is 3.36. The van der Waals surface area contributed by atoms with Crippen LogP contribution >= 0.6 is 0 Å². The Morgan fingerprint density at radius 2 is 1.68 bits per heavy atom. The Morgan fingerprint density at radius 3 is 2.57 bits per heavy atom. The molecule has 2 aromatic carbocycles. The highest BCUT2D eigenvalue weighted by Gasteiger charge is 2.40. The van der Waals surface area contributed by atoms with Gasteiger partial charge in [-0.3, -0.25) is 9.88 Å². The Balaban J connectivity index is 1.25. The summed E-state index contributed by atoms with van der Waals surface area (Å²) in [6.45, 7) is 4.93. The third-order valence-electron chi connectivity index (χ3n) is 5.77.